The van der Waals surface area contributed by atoms with Gasteiger partial charge < -0.3 is 15.2 Å². The van der Waals surface area contributed by atoms with Crippen LogP contribution in [0.3, 0.4) is 0 Å². The fraction of sp³-hybridized carbons (Fsp3) is 0.500. The summed E-state index contributed by atoms with van der Waals surface area (Å²) in [4.78, 5) is 26.6. The van der Waals surface area contributed by atoms with Gasteiger partial charge in [0.1, 0.15) is 10.6 Å². The van der Waals surface area contributed by atoms with E-state index in [-0.39, 0.29) is 22.4 Å². The molecule has 33 heavy (non-hydrogen) atoms. The van der Waals surface area contributed by atoms with Crippen molar-refractivity contribution in [3.8, 4) is 0 Å². The van der Waals surface area contributed by atoms with Crippen molar-refractivity contribution >= 4 is 21.8 Å². The van der Waals surface area contributed by atoms with Gasteiger partial charge in [-0.05, 0) is 49.7 Å². The zero-order valence-corrected chi connectivity index (χ0v) is 19.8. The van der Waals surface area contributed by atoms with Crippen LogP contribution < -0.4 is 5.73 Å². The molecule has 4 rings (SSSR count). The summed E-state index contributed by atoms with van der Waals surface area (Å²) in [5, 5.41) is 0. The van der Waals surface area contributed by atoms with Crippen molar-refractivity contribution < 1.29 is 18.0 Å². The molecule has 3 heterocycles. The molecule has 0 aliphatic carbocycles. The topological polar surface area (TPSA) is 106 Å². The summed E-state index contributed by atoms with van der Waals surface area (Å²) >= 11 is 0. The fourth-order valence-electron chi connectivity index (χ4n) is 4.98. The Hall–Kier alpha value is -2.65. The molecule has 2 fully saturated rings. The van der Waals surface area contributed by atoms with Gasteiger partial charge in [0.05, 0.1) is 0 Å². The normalized spacial score (nSPS) is 19.0. The lowest BCUT2D eigenvalue weighted by Gasteiger charge is -2.37. The summed E-state index contributed by atoms with van der Waals surface area (Å²) in [5.74, 6) is -0.0598. The Morgan fingerprint density at radius 3 is 2.21 bits per heavy atom. The van der Waals surface area contributed by atoms with E-state index in [2.05, 4.69) is 24.3 Å². The third-order valence-electron chi connectivity index (χ3n) is 6.97. The van der Waals surface area contributed by atoms with Gasteiger partial charge in [0, 0.05) is 45.3 Å². The second kappa shape index (κ2) is 9.69. The largest absolute Gasteiger partial charge is 0.364 e. The second-order valence-electron chi connectivity index (χ2n) is 9.17. The number of carbonyl (C=O) groups excluding carboxylic acids is 2. The number of primary amides is 1. The molecule has 1 aromatic carbocycles. The van der Waals surface area contributed by atoms with Gasteiger partial charge in [-0.25, -0.2) is 8.42 Å². The number of amides is 2. The van der Waals surface area contributed by atoms with Crippen LogP contribution >= 0.6 is 0 Å². The van der Waals surface area contributed by atoms with E-state index in [1.807, 2.05) is 11.0 Å². The molecule has 2 aliphatic heterocycles. The number of nitrogens with zero attached hydrogens (tertiary/aromatic N) is 3. The first-order valence-corrected chi connectivity index (χ1v) is 13.0. The Kier molecular flexibility index (Phi) is 6.90. The summed E-state index contributed by atoms with van der Waals surface area (Å²) in [7, 11) is -2.14. The zero-order valence-electron chi connectivity index (χ0n) is 19.0. The summed E-state index contributed by atoms with van der Waals surface area (Å²) in [6, 6.07) is 11.8. The minimum atomic E-state index is -3.73. The number of hydrogen-bond acceptors (Lipinski definition) is 4. The summed E-state index contributed by atoms with van der Waals surface area (Å²) in [5.41, 5.74) is 6.80. The highest BCUT2D eigenvalue weighted by molar-refractivity contribution is 7.89. The monoisotopic (exact) mass is 472 g/mol. The molecular formula is C24H32N4O4S. The van der Waals surface area contributed by atoms with E-state index in [9.17, 15) is 18.0 Å². The van der Waals surface area contributed by atoms with Crippen molar-refractivity contribution in [2.24, 2.45) is 24.6 Å². The summed E-state index contributed by atoms with van der Waals surface area (Å²) < 4.78 is 28.8. The third kappa shape index (κ3) is 5.14. The van der Waals surface area contributed by atoms with Crippen LogP contribution in [0.5, 0.6) is 0 Å². The van der Waals surface area contributed by atoms with Crippen LogP contribution in [0, 0.1) is 11.8 Å². The van der Waals surface area contributed by atoms with Crippen LogP contribution in [0.1, 0.15) is 41.7 Å². The Morgan fingerprint density at radius 1 is 1.00 bits per heavy atom. The summed E-state index contributed by atoms with van der Waals surface area (Å²) in [6.07, 6.45) is 5.49. The second-order valence-corrected chi connectivity index (χ2v) is 11.1. The number of benzene rings is 1. The van der Waals surface area contributed by atoms with E-state index in [0.29, 0.717) is 31.8 Å². The lowest BCUT2D eigenvalue weighted by Crippen LogP contribution is -2.46. The molecule has 0 atom stereocenters. The van der Waals surface area contributed by atoms with Crippen molar-refractivity contribution in [3.63, 3.8) is 0 Å². The standard InChI is InChI=1S/C24H32N4O4S/c1-26-17-21(16-22(26)23(25)29)33(31,32)28-13-9-20(10-14-28)24(30)27-11-7-19(8-12-27)15-18-5-3-2-4-6-18/h2-6,16-17,19-20H,7-15H2,1H3,(H2,25,29). The maximum Gasteiger partial charge on any atom is 0.265 e. The predicted octanol–water partition coefficient (Wildman–Crippen LogP) is 2.01. The molecule has 2 N–H and O–H groups in total. The number of nitrogens with two attached hydrogens (primary N) is 1. The van der Waals surface area contributed by atoms with Gasteiger partial charge in [-0.15, -0.1) is 0 Å². The van der Waals surface area contributed by atoms with Crippen molar-refractivity contribution in [2.75, 3.05) is 26.2 Å². The number of rotatable bonds is 6. The quantitative estimate of drug-likeness (QED) is 0.694. The maximum absolute atomic E-state index is 13.1. The molecule has 2 saturated heterocycles. The molecule has 0 bridgehead atoms. The Morgan fingerprint density at radius 2 is 1.64 bits per heavy atom. The predicted molar refractivity (Wildman–Crippen MR) is 125 cm³/mol. The van der Waals surface area contributed by atoms with E-state index in [1.54, 1.807) is 7.05 Å². The Labute approximate surface area is 195 Å². The zero-order chi connectivity index (χ0) is 23.6. The molecule has 0 saturated carbocycles. The molecule has 9 heteroatoms. The van der Waals surface area contributed by atoms with Gasteiger partial charge in [-0.1, -0.05) is 30.3 Å². The Balaban J connectivity index is 1.29. The molecule has 0 spiro atoms. The smallest absolute Gasteiger partial charge is 0.265 e. The van der Waals surface area contributed by atoms with E-state index < -0.39 is 15.9 Å². The van der Waals surface area contributed by atoms with Gasteiger partial charge in [0.15, 0.2) is 0 Å². The summed E-state index contributed by atoms with van der Waals surface area (Å²) in [6.45, 7) is 2.14. The molecular weight excluding hydrogens is 440 g/mol. The number of aryl methyl sites for hydroxylation is 1. The molecule has 0 unspecified atom stereocenters. The molecule has 2 aromatic rings. The molecule has 0 radical (unpaired) electrons. The first kappa shape index (κ1) is 23.5. The van der Waals surface area contributed by atoms with Crippen LogP contribution in [0.4, 0.5) is 0 Å². The van der Waals surface area contributed by atoms with Crippen molar-refractivity contribution in [1.29, 1.82) is 0 Å². The van der Waals surface area contributed by atoms with Gasteiger partial charge in [-0.2, -0.15) is 4.31 Å². The average Bonchev–Trinajstić information content (AvgIpc) is 3.23. The van der Waals surface area contributed by atoms with Crippen LogP contribution in [-0.4, -0.2) is 60.2 Å². The number of piperidine rings is 2. The van der Waals surface area contributed by atoms with Crippen LogP contribution in [0.2, 0.25) is 0 Å². The van der Waals surface area contributed by atoms with Crippen molar-refractivity contribution in [3.05, 3.63) is 53.9 Å². The molecule has 178 valence electrons. The van der Waals surface area contributed by atoms with E-state index in [1.165, 1.54) is 26.7 Å². The van der Waals surface area contributed by atoms with Gasteiger partial charge in [-0.3, -0.25) is 9.59 Å². The van der Waals surface area contributed by atoms with E-state index >= 15 is 0 Å². The minimum Gasteiger partial charge on any atom is -0.364 e. The highest BCUT2D eigenvalue weighted by Crippen LogP contribution is 2.28. The van der Waals surface area contributed by atoms with E-state index in [0.717, 1.165) is 32.4 Å². The molecule has 2 amide bonds. The van der Waals surface area contributed by atoms with Crippen LogP contribution in [0.25, 0.3) is 0 Å². The third-order valence-corrected chi connectivity index (χ3v) is 8.83. The lowest BCUT2D eigenvalue weighted by atomic mass is 9.89. The van der Waals surface area contributed by atoms with Crippen LogP contribution in [0.15, 0.2) is 47.5 Å². The van der Waals surface area contributed by atoms with Gasteiger partial charge in [0.2, 0.25) is 15.9 Å². The maximum atomic E-state index is 13.1. The molecule has 1 aromatic heterocycles. The highest BCUT2D eigenvalue weighted by Gasteiger charge is 2.35. The van der Waals surface area contributed by atoms with Crippen molar-refractivity contribution in [1.82, 2.24) is 13.8 Å². The number of aromatic nitrogens is 1. The number of sulfonamides is 1. The average molecular weight is 473 g/mol. The van der Waals surface area contributed by atoms with E-state index in [4.69, 9.17) is 5.73 Å². The fourth-order valence-corrected chi connectivity index (χ4v) is 6.52. The first-order valence-electron chi connectivity index (χ1n) is 11.5. The molecule has 2 aliphatic rings. The SMILES string of the molecule is Cn1cc(S(=O)(=O)N2CCC(C(=O)N3CCC(Cc4ccccc4)CC3)CC2)cc1C(N)=O. The number of hydrogen-bond donors (Lipinski definition) is 1. The number of carbonyl (C=O) groups is 2. The lowest BCUT2D eigenvalue weighted by molar-refractivity contribution is -0.138. The molecule has 8 nitrogen and oxygen atoms in total. The van der Waals surface area contributed by atoms with Gasteiger partial charge in [0.25, 0.3) is 5.91 Å². The number of likely N-dealkylation sites (tertiary alicyclic amines) is 1. The van der Waals surface area contributed by atoms with Crippen LogP contribution in [-0.2, 0) is 28.3 Å². The first-order chi connectivity index (χ1) is 15.8. The van der Waals surface area contributed by atoms with Gasteiger partial charge >= 0.3 is 0 Å². The Bertz CT molecular complexity index is 1100. The van der Waals surface area contributed by atoms with Crippen molar-refractivity contribution in [2.45, 2.75) is 37.0 Å². The minimum absolute atomic E-state index is 0.0593. The highest BCUT2D eigenvalue weighted by atomic mass is 32.2.